The van der Waals surface area contributed by atoms with Crippen LogP contribution in [0.4, 0.5) is 0 Å². The minimum Gasteiger partial charge on any atom is -0.508 e. The molecule has 5 rings (SSSR count). The van der Waals surface area contributed by atoms with Gasteiger partial charge in [0.15, 0.2) is 0 Å². The van der Waals surface area contributed by atoms with Crippen LogP contribution in [-0.4, -0.2) is 34.1 Å². The van der Waals surface area contributed by atoms with Gasteiger partial charge in [0.25, 0.3) is 0 Å². The normalized spacial score (nSPS) is 31.4. The van der Waals surface area contributed by atoms with Crippen molar-refractivity contribution < 1.29 is 5.11 Å². The number of benzene rings is 1. The number of aromatic nitrogens is 1. The highest BCUT2D eigenvalue weighted by Gasteiger charge is 2.41. The zero-order valence-electron chi connectivity index (χ0n) is 13.7. The molecule has 4 heteroatoms. The molecule has 0 saturated carbocycles. The number of hydrogen-bond acceptors (Lipinski definition) is 4. The lowest BCUT2D eigenvalue weighted by Crippen LogP contribution is -2.56. The monoisotopic (exact) mass is 311 g/mol. The van der Waals surface area contributed by atoms with Crippen LogP contribution in [0.15, 0.2) is 30.5 Å². The summed E-state index contributed by atoms with van der Waals surface area (Å²) < 4.78 is 0. The molecule has 1 aromatic carbocycles. The van der Waals surface area contributed by atoms with Crippen LogP contribution < -0.4 is 5.73 Å². The molecular weight excluding hydrogens is 286 g/mol. The van der Waals surface area contributed by atoms with Gasteiger partial charge in [-0.15, -0.1) is 0 Å². The van der Waals surface area contributed by atoms with Crippen molar-refractivity contribution in [1.29, 1.82) is 0 Å². The Balaban J connectivity index is 1.68. The van der Waals surface area contributed by atoms with Crippen molar-refractivity contribution in [2.75, 3.05) is 13.1 Å². The molecule has 5 atom stereocenters. The molecule has 3 fully saturated rings. The van der Waals surface area contributed by atoms with Gasteiger partial charge >= 0.3 is 0 Å². The van der Waals surface area contributed by atoms with Crippen molar-refractivity contribution in [2.24, 2.45) is 17.6 Å². The predicted octanol–water partition coefficient (Wildman–Crippen LogP) is 3.06. The number of phenols is 1. The van der Waals surface area contributed by atoms with Crippen LogP contribution >= 0.6 is 0 Å². The number of fused-ring (bicyclic) bond motifs is 4. The van der Waals surface area contributed by atoms with Crippen molar-refractivity contribution >= 4 is 10.9 Å². The zero-order valence-corrected chi connectivity index (χ0v) is 13.7. The molecular formula is C19H25N3O. The van der Waals surface area contributed by atoms with Gasteiger partial charge in [0.2, 0.25) is 0 Å². The van der Waals surface area contributed by atoms with Gasteiger partial charge in [-0.1, -0.05) is 13.3 Å². The van der Waals surface area contributed by atoms with Gasteiger partial charge in [-0.05, 0) is 61.1 Å². The number of piperidine rings is 3. The Morgan fingerprint density at radius 1 is 1.39 bits per heavy atom. The second-order valence-electron chi connectivity index (χ2n) is 7.14. The Morgan fingerprint density at radius 3 is 3.00 bits per heavy atom. The molecule has 3 N–H and O–H groups in total. The molecule has 0 aliphatic carbocycles. The number of phenolic OH excluding ortho intramolecular Hbond substituents is 1. The standard InChI is InChI=1S/C19H25N3O/c1-2-12-11-22-8-6-13(12)9-18(22)19(20)15-5-7-21-17-4-3-14(23)10-16(15)17/h3-5,7,10,12-13,18-19,23H,2,6,8-9,11,20H2,1H3. The summed E-state index contributed by atoms with van der Waals surface area (Å²) in [5.74, 6) is 1.93. The lowest BCUT2D eigenvalue weighted by atomic mass is 9.72. The molecule has 3 aliphatic heterocycles. The fourth-order valence-corrected chi connectivity index (χ4v) is 4.67. The predicted molar refractivity (Wildman–Crippen MR) is 92.2 cm³/mol. The van der Waals surface area contributed by atoms with Gasteiger partial charge in [-0.3, -0.25) is 9.88 Å². The number of pyridine rings is 1. The Bertz CT molecular complexity index is 717. The van der Waals surface area contributed by atoms with Crippen LogP contribution in [0, 0.1) is 11.8 Å². The van der Waals surface area contributed by atoms with Crippen LogP contribution in [0.5, 0.6) is 5.75 Å². The molecule has 3 aliphatic rings. The Morgan fingerprint density at radius 2 is 2.26 bits per heavy atom. The van der Waals surface area contributed by atoms with E-state index in [0.29, 0.717) is 6.04 Å². The quantitative estimate of drug-likeness (QED) is 0.914. The van der Waals surface area contributed by atoms with Crippen LogP contribution in [0.2, 0.25) is 0 Å². The maximum atomic E-state index is 9.84. The third-order valence-corrected chi connectivity index (χ3v) is 5.99. The SMILES string of the molecule is CCC1CN2CCC1CC2C(N)c1ccnc2ccc(O)cc12. The summed E-state index contributed by atoms with van der Waals surface area (Å²) in [5, 5.41) is 10.8. The number of rotatable bonds is 3. The highest BCUT2D eigenvalue weighted by molar-refractivity contribution is 5.83. The molecule has 5 unspecified atom stereocenters. The third kappa shape index (κ3) is 2.50. The van der Waals surface area contributed by atoms with Crippen LogP contribution in [0.3, 0.4) is 0 Å². The summed E-state index contributed by atoms with van der Waals surface area (Å²) in [6, 6.07) is 7.74. The largest absolute Gasteiger partial charge is 0.508 e. The van der Waals surface area contributed by atoms with Gasteiger partial charge in [-0.2, -0.15) is 0 Å². The molecule has 2 aromatic rings. The van der Waals surface area contributed by atoms with E-state index in [4.69, 9.17) is 5.73 Å². The summed E-state index contributed by atoms with van der Waals surface area (Å²) in [6.07, 6.45) is 5.62. The van der Waals surface area contributed by atoms with E-state index >= 15 is 0 Å². The number of nitrogens with two attached hydrogens (primary N) is 1. The first-order valence-electron chi connectivity index (χ1n) is 8.74. The molecule has 0 spiro atoms. The zero-order chi connectivity index (χ0) is 16.0. The summed E-state index contributed by atoms with van der Waals surface area (Å²) >= 11 is 0. The molecule has 2 bridgehead atoms. The molecule has 23 heavy (non-hydrogen) atoms. The van der Waals surface area contributed by atoms with Crippen LogP contribution in [0.1, 0.15) is 37.8 Å². The van der Waals surface area contributed by atoms with Gasteiger partial charge in [0.05, 0.1) is 5.52 Å². The van der Waals surface area contributed by atoms with Crippen molar-refractivity contribution in [3.63, 3.8) is 0 Å². The summed E-state index contributed by atoms with van der Waals surface area (Å²) in [5.41, 5.74) is 8.72. The lowest BCUT2D eigenvalue weighted by molar-refractivity contribution is -0.0105. The second kappa shape index (κ2) is 5.77. The average molecular weight is 311 g/mol. The Labute approximate surface area is 137 Å². The number of hydrogen-bond donors (Lipinski definition) is 2. The maximum Gasteiger partial charge on any atom is 0.116 e. The van der Waals surface area contributed by atoms with Gasteiger partial charge in [-0.25, -0.2) is 0 Å². The summed E-state index contributed by atoms with van der Waals surface area (Å²) in [4.78, 5) is 6.99. The number of aromatic hydroxyl groups is 1. The first kappa shape index (κ1) is 14.9. The van der Waals surface area contributed by atoms with E-state index in [1.165, 1.54) is 32.4 Å². The highest BCUT2D eigenvalue weighted by atomic mass is 16.3. The van der Waals surface area contributed by atoms with Gasteiger partial charge in [0.1, 0.15) is 5.75 Å². The van der Waals surface area contributed by atoms with Crippen molar-refractivity contribution in [3.8, 4) is 5.75 Å². The van der Waals surface area contributed by atoms with E-state index in [9.17, 15) is 5.11 Å². The van der Waals surface area contributed by atoms with Crippen LogP contribution in [0.25, 0.3) is 10.9 Å². The number of nitrogens with zero attached hydrogens (tertiary/aromatic N) is 2. The topological polar surface area (TPSA) is 62.4 Å². The first-order valence-corrected chi connectivity index (χ1v) is 8.74. The van der Waals surface area contributed by atoms with Crippen molar-refractivity contribution in [3.05, 3.63) is 36.0 Å². The minimum atomic E-state index is -0.0251. The average Bonchev–Trinajstić information content (AvgIpc) is 2.60. The highest BCUT2D eigenvalue weighted by Crippen LogP contribution is 2.42. The van der Waals surface area contributed by atoms with E-state index in [1.807, 2.05) is 18.3 Å². The van der Waals surface area contributed by atoms with Crippen LogP contribution in [-0.2, 0) is 0 Å². The summed E-state index contributed by atoms with van der Waals surface area (Å²) in [7, 11) is 0. The van der Waals surface area contributed by atoms with Crippen molar-refractivity contribution in [1.82, 2.24) is 9.88 Å². The smallest absolute Gasteiger partial charge is 0.116 e. The maximum absolute atomic E-state index is 9.84. The molecule has 4 nitrogen and oxygen atoms in total. The lowest BCUT2D eigenvalue weighted by Gasteiger charge is -2.51. The summed E-state index contributed by atoms with van der Waals surface area (Å²) in [6.45, 7) is 4.67. The fourth-order valence-electron chi connectivity index (χ4n) is 4.67. The van der Waals surface area contributed by atoms with E-state index in [1.54, 1.807) is 12.1 Å². The molecule has 3 saturated heterocycles. The Kier molecular flexibility index (Phi) is 3.74. The molecule has 122 valence electrons. The molecule has 0 amide bonds. The molecule has 1 aromatic heterocycles. The van der Waals surface area contributed by atoms with E-state index < -0.39 is 0 Å². The Hall–Kier alpha value is -1.65. The van der Waals surface area contributed by atoms with E-state index in [2.05, 4.69) is 16.8 Å². The first-order chi connectivity index (χ1) is 11.2. The van der Waals surface area contributed by atoms with E-state index in [-0.39, 0.29) is 11.8 Å². The fraction of sp³-hybridized carbons (Fsp3) is 0.526. The van der Waals surface area contributed by atoms with Crippen molar-refractivity contribution in [2.45, 2.75) is 38.3 Å². The van der Waals surface area contributed by atoms with E-state index in [0.717, 1.165) is 28.3 Å². The minimum absolute atomic E-state index is 0.0251. The van der Waals surface area contributed by atoms with Gasteiger partial charge < -0.3 is 10.8 Å². The third-order valence-electron chi connectivity index (χ3n) is 5.99. The molecule has 0 radical (unpaired) electrons. The second-order valence-corrected chi connectivity index (χ2v) is 7.14. The molecule has 4 heterocycles. The van der Waals surface area contributed by atoms with Gasteiger partial charge in [0, 0.05) is 30.2 Å².